The molecule has 4 heterocycles. The Labute approximate surface area is 195 Å². The highest BCUT2D eigenvalue weighted by Crippen LogP contribution is 2.35. The third-order valence-electron chi connectivity index (χ3n) is 4.75. The van der Waals surface area contributed by atoms with Crippen LogP contribution < -0.4 is 5.32 Å². The Morgan fingerprint density at radius 3 is 2.56 bits per heavy atom. The monoisotopic (exact) mass is 485 g/mol. The number of carbonyl (C=O) groups is 1. The average Bonchev–Trinajstić information content (AvgIpc) is 3.48. The van der Waals surface area contributed by atoms with Crippen molar-refractivity contribution in [2.45, 2.75) is 6.18 Å². The Kier molecular flexibility index (Phi) is 6.03. The largest absolute Gasteiger partial charge is 0.434 e. The zero-order valence-electron chi connectivity index (χ0n) is 17.3. The van der Waals surface area contributed by atoms with Crippen LogP contribution in [0.25, 0.3) is 29.4 Å². The third kappa shape index (κ3) is 4.20. The molecule has 0 spiro atoms. The number of aromatic amines is 1. The fourth-order valence-electron chi connectivity index (χ4n) is 3.27. The van der Waals surface area contributed by atoms with Crippen LogP contribution in [0.4, 0.5) is 18.9 Å². The lowest BCUT2D eigenvalue weighted by molar-refractivity contribution is -0.143. The number of rotatable bonds is 6. The molecule has 0 aromatic carbocycles. The van der Waals surface area contributed by atoms with Crippen LogP contribution in [0.3, 0.4) is 0 Å². The van der Waals surface area contributed by atoms with Crippen molar-refractivity contribution in [3.63, 3.8) is 0 Å². The lowest BCUT2D eigenvalue weighted by Gasteiger charge is -2.15. The van der Waals surface area contributed by atoms with Crippen LogP contribution in [0.5, 0.6) is 0 Å². The number of imidazole rings is 1. The van der Waals surface area contributed by atoms with Gasteiger partial charge in [-0.2, -0.15) is 18.3 Å². The van der Waals surface area contributed by atoms with Gasteiger partial charge in [-0.1, -0.05) is 36.9 Å². The van der Waals surface area contributed by atoms with E-state index in [0.29, 0.717) is 27.3 Å². The highest BCUT2D eigenvalue weighted by molar-refractivity contribution is 6.33. The molecule has 0 radical (unpaired) electrons. The van der Waals surface area contributed by atoms with Gasteiger partial charge < -0.3 is 10.3 Å². The van der Waals surface area contributed by atoms with Crippen molar-refractivity contribution in [3.8, 4) is 17.2 Å². The molecule has 1 amide bonds. The smallest absolute Gasteiger partial charge is 0.343 e. The van der Waals surface area contributed by atoms with E-state index in [1.807, 2.05) is 0 Å². The average molecular weight is 486 g/mol. The number of pyridine rings is 2. The van der Waals surface area contributed by atoms with Gasteiger partial charge in [0.25, 0.3) is 5.91 Å². The number of aromatic nitrogens is 6. The first-order valence-electron chi connectivity index (χ1n) is 9.59. The summed E-state index contributed by atoms with van der Waals surface area (Å²) < 4.78 is 42.8. The summed E-state index contributed by atoms with van der Waals surface area (Å²) in [7, 11) is 0. The summed E-state index contributed by atoms with van der Waals surface area (Å²) in [4.78, 5) is 27.8. The Morgan fingerprint density at radius 2 is 1.94 bits per heavy atom. The molecule has 0 aliphatic carbocycles. The molecule has 2 N–H and O–H groups in total. The molecule has 4 aromatic heterocycles. The number of anilines is 1. The number of carbonyl (C=O) groups excluding carboxylic acids is 1. The molecule has 172 valence electrons. The van der Waals surface area contributed by atoms with E-state index in [1.54, 1.807) is 6.20 Å². The third-order valence-corrected chi connectivity index (χ3v) is 5.04. The Balaban J connectivity index is 1.73. The highest BCUT2D eigenvalue weighted by Gasteiger charge is 2.41. The molecule has 0 atom stereocenters. The van der Waals surface area contributed by atoms with Gasteiger partial charge in [-0.25, -0.2) is 14.6 Å². The van der Waals surface area contributed by atoms with Crippen LogP contribution in [0.1, 0.15) is 27.2 Å². The van der Waals surface area contributed by atoms with E-state index in [4.69, 9.17) is 11.6 Å². The normalized spacial score (nSPS) is 11.3. The van der Waals surface area contributed by atoms with Crippen LogP contribution >= 0.6 is 11.6 Å². The maximum Gasteiger partial charge on any atom is 0.434 e. The maximum absolute atomic E-state index is 14.1. The molecule has 0 saturated heterocycles. The summed E-state index contributed by atoms with van der Waals surface area (Å²) >= 11 is 6.21. The van der Waals surface area contributed by atoms with Crippen LogP contribution in [0.2, 0.25) is 5.02 Å². The number of nitrogens with one attached hydrogen (secondary N) is 2. The number of hydrogen-bond acceptors (Lipinski definition) is 5. The second-order valence-electron chi connectivity index (χ2n) is 6.83. The van der Waals surface area contributed by atoms with Gasteiger partial charge >= 0.3 is 6.18 Å². The summed E-state index contributed by atoms with van der Waals surface area (Å²) in [5.41, 5.74) is -0.783. The molecule has 8 nitrogen and oxygen atoms in total. The Morgan fingerprint density at radius 1 is 1.15 bits per heavy atom. The first-order chi connectivity index (χ1) is 16.2. The predicted molar refractivity (Wildman–Crippen MR) is 121 cm³/mol. The van der Waals surface area contributed by atoms with Crippen LogP contribution in [-0.2, 0) is 6.18 Å². The van der Waals surface area contributed by atoms with E-state index in [1.165, 1.54) is 43.0 Å². The fraction of sp³-hybridized carbons (Fsp3) is 0.0455. The lowest BCUT2D eigenvalue weighted by atomic mass is 10.1. The minimum Gasteiger partial charge on any atom is -0.343 e. The van der Waals surface area contributed by atoms with Gasteiger partial charge in [0.15, 0.2) is 11.5 Å². The molecule has 34 heavy (non-hydrogen) atoms. The van der Waals surface area contributed by atoms with Crippen LogP contribution in [-0.4, -0.2) is 35.6 Å². The molecule has 0 bridgehead atoms. The van der Waals surface area contributed by atoms with Gasteiger partial charge in [0.1, 0.15) is 5.69 Å². The van der Waals surface area contributed by atoms with Crippen molar-refractivity contribution in [1.29, 1.82) is 0 Å². The summed E-state index contributed by atoms with van der Waals surface area (Å²) in [5, 5.41) is 6.34. The first-order valence-corrected chi connectivity index (χ1v) is 9.97. The molecule has 0 saturated carbocycles. The van der Waals surface area contributed by atoms with Gasteiger partial charge in [-0.15, -0.1) is 0 Å². The summed E-state index contributed by atoms with van der Waals surface area (Å²) in [6.45, 7) is 7.27. The molecule has 0 unspecified atom stereocenters. The molecule has 4 aromatic rings. The number of alkyl halides is 3. The lowest BCUT2D eigenvalue weighted by Crippen LogP contribution is -2.21. The summed E-state index contributed by atoms with van der Waals surface area (Å²) in [5.74, 6) is -0.646. The topological polar surface area (TPSA) is 101 Å². The molecule has 0 fully saturated rings. The van der Waals surface area contributed by atoms with Crippen LogP contribution in [0, 0.1) is 0 Å². The van der Waals surface area contributed by atoms with Gasteiger partial charge in [0.2, 0.25) is 0 Å². The maximum atomic E-state index is 14.1. The summed E-state index contributed by atoms with van der Waals surface area (Å²) in [6.07, 6.45) is 5.70. The van der Waals surface area contributed by atoms with E-state index in [2.05, 4.69) is 43.5 Å². The SMILES string of the molecule is C=Cc1cncc(-n2ncc(C(=O)Nc3cnc(-c4ncc[nH]4)c(Cl)c3)c2C(F)(F)F)c1C=C. The molecular formula is C22H15ClF3N7O. The molecule has 4 rings (SSSR count). The number of hydrogen-bond donors (Lipinski definition) is 2. The zero-order chi connectivity index (χ0) is 24.5. The van der Waals surface area contributed by atoms with Crippen LogP contribution in [0.15, 0.2) is 56.4 Å². The van der Waals surface area contributed by atoms with Crippen molar-refractivity contribution >= 4 is 35.3 Å². The predicted octanol–water partition coefficient (Wildman–Crippen LogP) is 5.26. The standard InChI is InChI=1S/C22H15ClF3N7O/c1-3-12-8-27-11-17(14(12)4-2)33-19(22(24,25)26)15(10-31-33)21(34)32-13-7-16(23)18(30-9-13)20-28-5-6-29-20/h3-11H,1-2H2,(H,28,29)(H,32,34). The number of nitrogens with zero attached hydrogens (tertiary/aromatic N) is 5. The van der Waals surface area contributed by atoms with Crippen molar-refractivity contribution < 1.29 is 18.0 Å². The minimum absolute atomic E-state index is 0.00807. The number of halogens is 4. The van der Waals surface area contributed by atoms with Crippen molar-refractivity contribution in [2.75, 3.05) is 5.32 Å². The van der Waals surface area contributed by atoms with Crippen molar-refractivity contribution in [1.82, 2.24) is 29.7 Å². The van der Waals surface area contributed by atoms with E-state index in [-0.39, 0.29) is 16.4 Å². The number of H-pyrrole nitrogens is 1. The fourth-order valence-corrected chi connectivity index (χ4v) is 3.53. The Hall–Kier alpha value is -4.25. The molecule has 0 aliphatic rings. The zero-order valence-corrected chi connectivity index (χ0v) is 18.0. The van der Waals surface area contributed by atoms with Crippen molar-refractivity contribution in [3.05, 3.63) is 83.8 Å². The van der Waals surface area contributed by atoms with E-state index < -0.39 is 23.3 Å². The second kappa shape index (κ2) is 8.94. The van der Waals surface area contributed by atoms with Gasteiger partial charge in [0, 0.05) is 29.7 Å². The van der Waals surface area contributed by atoms with Gasteiger partial charge in [0.05, 0.1) is 40.6 Å². The quantitative estimate of drug-likeness (QED) is 0.388. The first kappa shape index (κ1) is 22.9. The van der Waals surface area contributed by atoms with E-state index in [9.17, 15) is 18.0 Å². The number of amides is 1. The van der Waals surface area contributed by atoms with E-state index >= 15 is 0 Å². The van der Waals surface area contributed by atoms with Gasteiger partial charge in [-0.05, 0) is 6.07 Å². The van der Waals surface area contributed by atoms with Gasteiger partial charge in [-0.3, -0.25) is 9.78 Å². The van der Waals surface area contributed by atoms with Crippen molar-refractivity contribution in [2.24, 2.45) is 0 Å². The Bertz CT molecular complexity index is 1390. The molecule has 0 aliphatic heterocycles. The summed E-state index contributed by atoms with van der Waals surface area (Å²) in [6, 6.07) is 1.36. The highest BCUT2D eigenvalue weighted by atomic mass is 35.5. The molecular weight excluding hydrogens is 471 g/mol. The minimum atomic E-state index is -4.91. The molecule has 12 heteroatoms. The van der Waals surface area contributed by atoms with E-state index in [0.717, 1.165) is 6.20 Å². The second-order valence-corrected chi connectivity index (χ2v) is 7.24.